The lowest BCUT2D eigenvalue weighted by atomic mass is 10.1. The number of aliphatic imine (C=N–C) groups is 2. The number of benzene rings is 1. The number of para-hydroxylation sites is 1. The van der Waals surface area contributed by atoms with Crippen LogP contribution in [-0.2, 0) is 9.59 Å². The van der Waals surface area contributed by atoms with Crippen LogP contribution < -0.4 is 0 Å². The molecular formula is C27H34N4O4. The maximum Gasteiger partial charge on any atom is 0.303 e. The average Bonchev–Trinajstić information content (AvgIpc) is 3.16. The van der Waals surface area contributed by atoms with Crippen molar-refractivity contribution in [3.63, 3.8) is 0 Å². The fourth-order valence-electron chi connectivity index (χ4n) is 4.09. The lowest BCUT2D eigenvalue weighted by molar-refractivity contribution is -0.141. The third-order valence-electron chi connectivity index (χ3n) is 6.04. The Labute approximate surface area is 206 Å². The number of phenols is 1. The molecule has 0 saturated carbocycles. The number of hydrogen-bond donors (Lipinski definition) is 2. The van der Waals surface area contributed by atoms with Crippen LogP contribution >= 0.6 is 0 Å². The number of hydrogen-bond acceptors (Lipinski definition) is 6. The van der Waals surface area contributed by atoms with Gasteiger partial charge in [0, 0.05) is 39.0 Å². The number of aliphatic carboxylic acids is 1. The maximum absolute atomic E-state index is 12.3. The normalized spacial score (nSPS) is 20.1. The van der Waals surface area contributed by atoms with Crippen molar-refractivity contribution in [3.05, 3.63) is 65.3 Å². The Morgan fingerprint density at radius 2 is 1.77 bits per heavy atom. The first kappa shape index (κ1) is 26.1. The summed E-state index contributed by atoms with van der Waals surface area (Å²) in [6.07, 6.45) is 8.59. The molecule has 0 radical (unpaired) electrons. The van der Waals surface area contributed by atoms with Gasteiger partial charge in [0.1, 0.15) is 11.9 Å². The number of carbonyl (C=O) groups is 2. The molecule has 8 heteroatoms. The van der Waals surface area contributed by atoms with Crippen LogP contribution in [0.1, 0.15) is 45.6 Å². The lowest BCUT2D eigenvalue weighted by Crippen LogP contribution is -2.51. The smallest absolute Gasteiger partial charge is 0.303 e. The Hall–Kier alpha value is -3.52. The average molecular weight is 479 g/mol. The number of carboxylic acid groups (broad SMARTS) is 1. The SMILES string of the molecule is CC.CC1=CCC2=NC(c3ccccc3O)=NC(N3CCN(C(=O)CCC(=O)O)CC3)C=C2C=C1. The van der Waals surface area contributed by atoms with Gasteiger partial charge in [-0.25, -0.2) is 9.98 Å². The van der Waals surface area contributed by atoms with Crippen molar-refractivity contribution in [1.82, 2.24) is 9.80 Å². The van der Waals surface area contributed by atoms with Gasteiger partial charge in [0.05, 0.1) is 17.7 Å². The first-order valence-electron chi connectivity index (χ1n) is 12.1. The largest absolute Gasteiger partial charge is 0.507 e. The number of amides is 1. The van der Waals surface area contributed by atoms with Crippen molar-refractivity contribution >= 4 is 23.4 Å². The third kappa shape index (κ3) is 6.76. The molecule has 0 aromatic heterocycles. The first-order valence-corrected chi connectivity index (χ1v) is 12.1. The molecule has 1 aromatic rings. The van der Waals surface area contributed by atoms with Crippen LogP contribution in [0.4, 0.5) is 0 Å². The summed E-state index contributed by atoms with van der Waals surface area (Å²) in [5.41, 5.74) is 3.65. The number of aromatic hydroxyl groups is 1. The van der Waals surface area contributed by atoms with Crippen LogP contribution in [0, 0.1) is 0 Å². The second-order valence-corrected chi connectivity index (χ2v) is 8.36. The van der Waals surface area contributed by atoms with Gasteiger partial charge >= 0.3 is 5.97 Å². The van der Waals surface area contributed by atoms with Crippen molar-refractivity contribution in [2.45, 2.75) is 46.2 Å². The van der Waals surface area contributed by atoms with E-state index in [4.69, 9.17) is 15.1 Å². The molecule has 4 rings (SSSR count). The van der Waals surface area contributed by atoms with E-state index in [2.05, 4.69) is 36.1 Å². The molecule has 0 bridgehead atoms. The summed E-state index contributed by atoms with van der Waals surface area (Å²) in [4.78, 5) is 36.8. The van der Waals surface area contributed by atoms with Crippen molar-refractivity contribution < 1.29 is 19.8 Å². The Morgan fingerprint density at radius 3 is 2.46 bits per heavy atom. The van der Waals surface area contributed by atoms with Crippen LogP contribution in [0.15, 0.2) is 69.7 Å². The number of allylic oxidation sites excluding steroid dienone is 5. The highest BCUT2D eigenvalue weighted by Gasteiger charge is 2.28. The predicted octanol–water partition coefficient (Wildman–Crippen LogP) is 3.79. The fourth-order valence-corrected chi connectivity index (χ4v) is 4.09. The molecule has 186 valence electrons. The number of nitrogens with zero attached hydrogens (tertiary/aromatic N) is 4. The van der Waals surface area contributed by atoms with E-state index in [1.807, 2.05) is 26.0 Å². The summed E-state index contributed by atoms with van der Waals surface area (Å²) in [5.74, 6) is -0.475. The van der Waals surface area contributed by atoms with Crippen LogP contribution in [0.25, 0.3) is 0 Å². The minimum absolute atomic E-state index is 0.0206. The Morgan fingerprint density at radius 1 is 1.06 bits per heavy atom. The quantitative estimate of drug-likeness (QED) is 0.670. The first-order chi connectivity index (χ1) is 16.9. The summed E-state index contributed by atoms with van der Waals surface area (Å²) in [5, 5.41) is 19.3. The predicted molar refractivity (Wildman–Crippen MR) is 138 cm³/mol. The van der Waals surface area contributed by atoms with E-state index in [1.54, 1.807) is 17.0 Å². The number of rotatable bonds is 5. The molecule has 3 aliphatic rings. The van der Waals surface area contributed by atoms with E-state index in [0.29, 0.717) is 44.0 Å². The molecule has 2 aliphatic heterocycles. The van der Waals surface area contributed by atoms with Crippen LogP contribution in [0.2, 0.25) is 0 Å². The summed E-state index contributed by atoms with van der Waals surface area (Å²) in [6, 6.07) is 7.06. The molecule has 1 fully saturated rings. The zero-order chi connectivity index (χ0) is 25.4. The molecule has 1 saturated heterocycles. The van der Waals surface area contributed by atoms with Gasteiger partial charge in [0.15, 0.2) is 5.84 Å². The summed E-state index contributed by atoms with van der Waals surface area (Å²) >= 11 is 0. The van der Waals surface area contributed by atoms with Crippen LogP contribution in [0.3, 0.4) is 0 Å². The van der Waals surface area contributed by atoms with Gasteiger partial charge in [0.2, 0.25) is 5.91 Å². The lowest BCUT2D eigenvalue weighted by Gasteiger charge is -2.37. The minimum atomic E-state index is -0.963. The van der Waals surface area contributed by atoms with E-state index in [-0.39, 0.29) is 30.7 Å². The summed E-state index contributed by atoms with van der Waals surface area (Å²) < 4.78 is 0. The van der Waals surface area contributed by atoms with E-state index in [1.165, 1.54) is 0 Å². The van der Waals surface area contributed by atoms with Gasteiger partial charge in [-0.3, -0.25) is 14.5 Å². The maximum atomic E-state index is 12.3. The highest BCUT2D eigenvalue weighted by atomic mass is 16.4. The molecular weight excluding hydrogens is 444 g/mol. The summed E-state index contributed by atoms with van der Waals surface area (Å²) in [6.45, 7) is 8.31. The molecule has 35 heavy (non-hydrogen) atoms. The van der Waals surface area contributed by atoms with Gasteiger partial charge in [-0.05, 0) is 30.7 Å². The van der Waals surface area contributed by atoms with Crippen molar-refractivity contribution in [2.24, 2.45) is 9.98 Å². The molecule has 1 aliphatic carbocycles. The zero-order valence-electron chi connectivity index (χ0n) is 20.6. The van der Waals surface area contributed by atoms with Gasteiger partial charge in [-0.1, -0.05) is 49.8 Å². The second-order valence-electron chi connectivity index (χ2n) is 8.36. The molecule has 2 heterocycles. The molecule has 1 atom stereocenters. The van der Waals surface area contributed by atoms with Crippen LogP contribution in [-0.4, -0.2) is 75.8 Å². The highest BCUT2D eigenvalue weighted by Crippen LogP contribution is 2.25. The van der Waals surface area contributed by atoms with E-state index in [9.17, 15) is 14.7 Å². The monoisotopic (exact) mass is 478 g/mol. The second kappa shape index (κ2) is 12.3. The van der Waals surface area contributed by atoms with Crippen molar-refractivity contribution in [2.75, 3.05) is 26.2 Å². The van der Waals surface area contributed by atoms with Crippen molar-refractivity contribution in [3.8, 4) is 5.75 Å². The molecule has 1 aromatic carbocycles. The molecule has 2 N–H and O–H groups in total. The molecule has 1 amide bonds. The van der Waals surface area contributed by atoms with Gasteiger partial charge in [0.25, 0.3) is 0 Å². The number of piperazine rings is 1. The molecule has 8 nitrogen and oxygen atoms in total. The number of fused-ring (bicyclic) bond motifs is 1. The Bertz CT molecular complexity index is 1090. The van der Waals surface area contributed by atoms with Gasteiger partial charge in [-0.15, -0.1) is 0 Å². The van der Waals surface area contributed by atoms with Crippen molar-refractivity contribution in [1.29, 1.82) is 0 Å². The van der Waals surface area contributed by atoms with Gasteiger partial charge in [-0.2, -0.15) is 0 Å². The standard InChI is InChI=1S/C25H28N4O4.C2H6/c1-17-6-8-18-16-22(28-12-14-29(15-13-28)23(31)10-11-24(32)33)27-25(26-20(18)9-7-17)19-4-2-3-5-21(19)30;1-2/h2-8,16,22,30H,9-15H2,1H3,(H,32,33);1-2H3. The van der Waals surface area contributed by atoms with Crippen LogP contribution in [0.5, 0.6) is 5.75 Å². The minimum Gasteiger partial charge on any atom is -0.507 e. The molecule has 0 spiro atoms. The van der Waals surface area contributed by atoms with E-state index < -0.39 is 5.97 Å². The number of phenolic OH excluding ortho intramolecular Hbond substituents is 1. The Kier molecular flexibility index (Phi) is 9.14. The number of carbonyl (C=O) groups excluding carboxylic acids is 1. The highest BCUT2D eigenvalue weighted by molar-refractivity contribution is 6.15. The summed E-state index contributed by atoms with van der Waals surface area (Å²) in [7, 11) is 0. The fraction of sp³-hybridized carbons (Fsp3) is 0.407. The molecule has 1 unspecified atom stereocenters. The zero-order valence-corrected chi connectivity index (χ0v) is 20.6. The third-order valence-corrected chi connectivity index (χ3v) is 6.04. The topological polar surface area (TPSA) is 106 Å². The van der Waals surface area contributed by atoms with E-state index in [0.717, 1.165) is 16.9 Å². The number of carboxylic acids is 1. The van der Waals surface area contributed by atoms with Gasteiger partial charge < -0.3 is 15.1 Å². The Balaban J connectivity index is 0.00000167. The van der Waals surface area contributed by atoms with E-state index >= 15 is 0 Å². The number of amidine groups is 1.